The highest BCUT2D eigenvalue weighted by molar-refractivity contribution is 5.96. The molecule has 18 heteroatoms. The molecule has 2 heterocycles. The molecule has 1 aromatic carbocycles. The molecule has 2 aliphatic heterocycles. The van der Waals surface area contributed by atoms with Crippen LogP contribution >= 0.6 is 0 Å². The Morgan fingerprint density at radius 3 is 2.16 bits per heavy atom. The molecule has 0 aromatic heterocycles. The number of ether oxygens (including phenoxy) is 8. The molecule has 4 fully saturated rings. The zero-order valence-electron chi connectivity index (χ0n) is 36.8. The molecular weight excluding hydrogens is 814 g/mol. The van der Waals surface area contributed by atoms with Crippen LogP contribution in [0, 0.1) is 22.7 Å². The average molecular weight is 872 g/mol. The van der Waals surface area contributed by atoms with Gasteiger partial charge in [-0.25, -0.2) is 19.2 Å². The molecule has 340 valence electrons. The van der Waals surface area contributed by atoms with Crippen LogP contribution < -0.4 is 5.32 Å². The first-order valence-corrected chi connectivity index (χ1v) is 20.7. The van der Waals surface area contributed by atoms with E-state index in [9.17, 15) is 39.0 Å². The summed E-state index contributed by atoms with van der Waals surface area (Å²) in [5.41, 5.74) is -8.99. The van der Waals surface area contributed by atoms with Gasteiger partial charge < -0.3 is 53.4 Å². The first-order chi connectivity index (χ1) is 28.7. The number of carbonyl (C=O) groups excluding carboxylic acids is 7. The molecule has 3 N–H and O–H groups in total. The second-order valence-electron chi connectivity index (χ2n) is 19.0. The van der Waals surface area contributed by atoms with Crippen LogP contribution in [0.5, 0.6) is 0 Å². The SMILES string of the molecule is CC(=O)OC1C(=O)[C@@]2(C)[C@H]([C@H](OC(=O)c3ccccc3)[C@]34OC(=O)O[C@H]3C(OC(=O)[C@H](O)[C@H](CC(C)C)NC(=O)OC(C)(C)C)C(C)=C1C4(C)C)[C@]1(OC(C)=O)CO[C@@H]1C[C@@H]2O. The predicted octanol–water partition coefficient (Wildman–Crippen LogP) is 3.66. The zero-order chi connectivity index (χ0) is 46.1. The number of hydrogen-bond donors (Lipinski definition) is 3. The van der Waals surface area contributed by atoms with Crippen LogP contribution in [0.1, 0.15) is 99.4 Å². The van der Waals surface area contributed by atoms with E-state index in [1.807, 2.05) is 0 Å². The van der Waals surface area contributed by atoms with Crippen LogP contribution in [-0.2, 0) is 57.1 Å². The van der Waals surface area contributed by atoms with Crippen molar-refractivity contribution >= 4 is 41.9 Å². The fourth-order valence-electron chi connectivity index (χ4n) is 10.4. The second kappa shape index (κ2) is 16.2. The Hall–Kier alpha value is -5.07. The van der Waals surface area contributed by atoms with E-state index in [0.29, 0.717) is 0 Å². The summed E-state index contributed by atoms with van der Waals surface area (Å²) in [5.74, 6) is -6.73. The molecule has 2 saturated heterocycles. The predicted molar refractivity (Wildman–Crippen MR) is 212 cm³/mol. The van der Waals surface area contributed by atoms with Crippen molar-refractivity contribution in [2.45, 2.75) is 155 Å². The smallest absolute Gasteiger partial charge is 0.454 e. The number of amides is 1. The highest BCUT2D eigenvalue weighted by Crippen LogP contribution is 2.67. The first kappa shape index (κ1) is 46.4. The maximum atomic E-state index is 15.6. The van der Waals surface area contributed by atoms with Crippen molar-refractivity contribution < 1.29 is 81.7 Å². The lowest BCUT2D eigenvalue weighted by molar-refractivity contribution is -0.345. The number of rotatable bonds is 10. The van der Waals surface area contributed by atoms with Crippen LogP contribution in [0.3, 0.4) is 0 Å². The Morgan fingerprint density at radius 1 is 0.968 bits per heavy atom. The van der Waals surface area contributed by atoms with E-state index >= 15 is 4.79 Å². The molecule has 1 amide bonds. The summed E-state index contributed by atoms with van der Waals surface area (Å²) >= 11 is 0. The molecule has 6 rings (SSSR count). The molecule has 2 bridgehead atoms. The molecule has 62 heavy (non-hydrogen) atoms. The third-order valence-corrected chi connectivity index (χ3v) is 12.9. The van der Waals surface area contributed by atoms with Gasteiger partial charge >= 0.3 is 36.1 Å². The third kappa shape index (κ3) is 7.61. The van der Waals surface area contributed by atoms with E-state index in [1.54, 1.807) is 66.7 Å². The average Bonchev–Trinajstić information content (AvgIpc) is 3.52. The molecule has 1 aromatic rings. The quantitative estimate of drug-likeness (QED) is 0.173. The van der Waals surface area contributed by atoms with Crippen molar-refractivity contribution in [2.24, 2.45) is 22.7 Å². The summed E-state index contributed by atoms with van der Waals surface area (Å²) in [6.45, 7) is 16.2. The van der Waals surface area contributed by atoms with Gasteiger partial charge in [0.05, 0.1) is 35.6 Å². The van der Waals surface area contributed by atoms with Gasteiger partial charge in [0.15, 0.2) is 41.9 Å². The number of esters is 4. The molecule has 2 saturated carbocycles. The third-order valence-electron chi connectivity index (χ3n) is 12.9. The van der Waals surface area contributed by atoms with Crippen LogP contribution in [0.2, 0.25) is 0 Å². The van der Waals surface area contributed by atoms with Gasteiger partial charge in [-0.1, -0.05) is 45.9 Å². The lowest BCUT2D eigenvalue weighted by atomic mass is 9.44. The minimum atomic E-state index is -2.36. The molecule has 18 nitrogen and oxygen atoms in total. The van der Waals surface area contributed by atoms with E-state index in [4.69, 9.17) is 37.9 Å². The largest absolute Gasteiger partial charge is 0.509 e. The lowest BCUT2D eigenvalue weighted by Gasteiger charge is -2.67. The highest BCUT2D eigenvalue weighted by atomic mass is 16.8. The Labute approximate surface area is 359 Å². The second-order valence-corrected chi connectivity index (χ2v) is 19.0. The molecule has 12 atom stereocenters. The number of Topliss-reactive ketones (excluding diaryl/α,β-unsaturated/α-hetero) is 1. The summed E-state index contributed by atoms with van der Waals surface area (Å²) < 4.78 is 48.1. The molecule has 2 unspecified atom stereocenters. The lowest BCUT2D eigenvalue weighted by Crippen LogP contribution is -2.83. The van der Waals surface area contributed by atoms with Crippen LogP contribution in [0.25, 0.3) is 0 Å². The van der Waals surface area contributed by atoms with Gasteiger partial charge in [-0.15, -0.1) is 0 Å². The van der Waals surface area contributed by atoms with E-state index in [0.717, 1.165) is 13.8 Å². The van der Waals surface area contributed by atoms with Gasteiger partial charge in [-0.3, -0.25) is 14.4 Å². The van der Waals surface area contributed by atoms with E-state index in [2.05, 4.69) is 5.32 Å². The fraction of sp³-hybridized carbons (Fsp3) is 0.659. The van der Waals surface area contributed by atoms with Crippen molar-refractivity contribution in [1.29, 1.82) is 0 Å². The Morgan fingerprint density at radius 2 is 1.61 bits per heavy atom. The number of hydrogen-bond acceptors (Lipinski definition) is 17. The number of aliphatic hydroxyl groups is 2. The number of carbonyl (C=O) groups is 7. The number of fused-ring (bicyclic) bond motifs is 4. The minimum absolute atomic E-state index is 0.0261. The Bertz CT molecular complexity index is 2040. The van der Waals surface area contributed by atoms with Crippen molar-refractivity contribution in [1.82, 2.24) is 5.32 Å². The van der Waals surface area contributed by atoms with Gasteiger partial charge in [0.25, 0.3) is 0 Å². The van der Waals surface area contributed by atoms with E-state index in [1.165, 1.54) is 26.0 Å². The van der Waals surface area contributed by atoms with Gasteiger partial charge in [0.1, 0.15) is 11.7 Å². The Kier molecular flexibility index (Phi) is 12.2. The van der Waals surface area contributed by atoms with E-state index in [-0.39, 0.29) is 42.1 Å². The van der Waals surface area contributed by atoms with Crippen molar-refractivity contribution in [2.75, 3.05) is 6.61 Å². The van der Waals surface area contributed by atoms with Gasteiger partial charge in [-0.2, -0.15) is 0 Å². The Balaban J connectivity index is 1.61. The normalized spacial score (nSPS) is 34.2. The van der Waals surface area contributed by atoms with Crippen LogP contribution in [-0.4, -0.2) is 124 Å². The summed E-state index contributed by atoms with van der Waals surface area (Å²) in [6, 6.07) is 6.47. The fourth-order valence-corrected chi connectivity index (χ4v) is 10.4. The summed E-state index contributed by atoms with van der Waals surface area (Å²) in [4.78, 5) is 97.3. The number of benzene rings is 1. The van der Waals surface area contributed by atoms with Crippen LogP contribution in [0.15, 0.2) is 41.5 Å². The monoisotopic (exact) mass is 871 g/mol. The van der Waals surface area contributed by atoms with Crippen molar-refractivity contribution in [3.05, 3.63) is 47.0 Å². The molecular formula is C44H57NO17. The first-order valence-electron chi connectivity index (χ1n) is 20.7. The van der Waals surface area contributed by atoms with Crippen molar-refractivity contribution in [3.8, 4) is 0 Å². The zero-order valence-corrected chi connectivity index (χ0v) is 36.8. The topological polar surface area (TPSA) is 246 Å². The van der Waals surface area contributed by atoms with E-state index < -0.39 is 124 Å². The molecule has 0 radical (unpaired) electrons. The minimum Gasteiger partial charge on any atom is -0.454 e. The van der Waals surface area contributed by atoms with Crippen LogP contribution in [0.4, 0.5) is 9.59 Å². The van der Waals surface area contributed by atoms with Crippen molar-refractivity contribution in [3.63, 3.8) is 0 Å². The summed E-state index contributed by atoms with van der Waals surface area (Å²) in [5, 5.41) is 26.3. The standard InChI is InChI=1S/C44H57NO17/c1-20(2)17-25(45-38(53)61-40(6,7)8)29(49)37(52)57-30-21(3)28-31(56-22(4)46)33(50)42(11)26(48)18-27-43(19-55-27,60-23(5)47)32(42)35(58-36(51)24-15-13-12-14-16-24)44(41(28,9)10)34(30)59-39(54)62-44/h12-16,20,25-27,29-32,34-35,48-49H,17-19H2,1-11H3,(H,45,53)/t25-,26-,27+,29+,30?,31?,32-,34-,35-,42+,43-,44+/m0/s1. The van der Waals surface area contributed by atoms with Gasteiger partial charge in [-0.05, 0) is 70.2 Å². The number of alkyl carbamates (subject to hydrolysis) is 1. The summed E-state index contributed by atoms with van der Waals surface area (Å²) in [6.07, 6.45) is -14.5. The summed E-state index contributed by atoms with van der Waals surface area (Å²) in [7, 11) is 0. The highest BCUT2D eigenvalue weighted by Gasteiger charge is 2.83. The molecule has 3 aliphatic carbocycles. The molecule has 5 aliphatic rings. The molecule has 1 spiro atoms. The van der Waals surface area contributed by atoms with Gasteiger partial charge in [0.2, 0.25) is 5.60 Å². The van der Waals surface area contributed by atoms with Gasteiger partial charge in [0, 0.05) is 25.7 Å². The maximum Gasteiger partial charge on any atom is 0.509 e. The number of aliphatic hydroxyl groups excluding tert-OH is 2. The number of ketones is 1. The number of nitrogens with one attached hydrogen (secondary N) is 1. The maximum absolute atomic E-state index is 15.6.